The van der Waals surface area contributed by atoms with Crippen LogP contribution in [0.1, 0.15) is 6.92 Å². The van der Waals surface area contributed by atoms with E-state index in [4.69, 9.17) is 4.74 Å². The Morgan fingerprint density at radius 1 is 0.964 bits per heavy atom. The van der Waals surface area contributed by atoms with Crippen molar-refractivity contribution in [2.24, 2.45) is 0 Å². The molecule has 0 aliphatic heterocycles. The molecule has 0 fully saturated rings. The van der Waals surface area contributed by atoms with E-state index in [1.807, 2.05) is 48.5 Å². The normalized spacial score (nSPS) is 10.8. The van der Waals surface area contributed by atoms with E-state index in [-0.39, 0.29) is 5.75 Å². The van der Waals surface area contributed by atoms with Crippen LogP contribution in [0.15, 0.2) is 78.9 Å². The molecule has 0 unspecified atom stereocenters. The Kier molecular flexibility index (Phi) is 4.37. The summed E-state index contributed by atoms with van der Waals surface area (Å²) in [6, 6.07) is 19.6. The van der Waals surface area contributed by atoms with E-state index in [1.54, 1.807) is 13.0 Å². The molecule has 0 spiro atoms. The lowest BCUT2D eigenvalue weighted by atomic mass is 10.0. The number of carbonyl (C=O) groups is 1. The smallest absolute Gasteiger partial charge is 0.338 e. The quantitative estimate of drug-likeness (QED) is 0.329. The molecule has 1 N–H and O–H groups in total. The van der Waals surface area contributed by atoms with Crippen LogP contribution in [0.5, 0.6) is 11.5 Å². The van der Waals surface area contributed by atoms with Crippen molar-refractivity contribution in [3.05, 3.63) is 78.9 Å². The Morgan fingerprint density at radius 3 is 2.29 bits per heavy atom. The Balaban J connectivity index is 1.82. The monoisotopic (exact) mass is 371 g/mol. The van der Waals surface area contributed by atoms with E-state index in [0.717, 1.165) is 11.0 Å². The zero-order valence-electron chi connectivity index (χ0n) is 15.2. The molecular formula is C22H17N3O3. The lowest BCUT2D eigenvalue weighted by molar-refractivity contribution is -0.130. The third-order valence-electron chi connectivity index (χ3n) is 4.22. The Morgan fingerprint density at radius 2 is 1.61 bits per heavy atom. The van der Waals surface area contributed by atoms with Gasteiger partial charge in [0.15, 0.2) is 0 Å². The minimum Gasteiger partial charge on any atom is -0.507 e. The molecule has 4 aromatic rings. The molecule has 0 saturated heterocycles. The van der Waals surface area contributed by atoms with Gasteiger partial charge in [0.2, 0.25) is 0 Å². The summed E-state index contributed by atoms with van der Waals surface area (Å²) in [6.07, 6.45) is 0. The zero-order valence-corrected chi connectivity index (χ0v) is 15.2. The van der Waals surface area contributed by atoms with Crippen molar-refractivity contribution in [2.45, 2.75) is 6.92 Å². The molecule has 1 aromatic heterocycles. The van der Waals surface area contributed by atoms with Gasteiger partial charge >= 0.3 is 5.97 Å². The van der Waals surface area contributed by atoms with Crippen LogP contribution in [0.25, 0.3) is 27.8 Å². The summed E-state index contributed by atoms with van der Waals surface area (Å²) in [4.78, 5) is 13.4. The first-order valence-corrected chi connectivity index (χ1v) is 8.65. The topological polar surface area (TPSA) is 77.2 Å². The van der Waals surface area contributed by atoms with Crippen LogP contribution in [0.3, 0.4) is 0 Å². The molecule has 3 aromatic carbocycles. The molecular weight excluding hydrogens is 354 g/mol. The second-order valence-electron chi connectivity index (χ2n) is 6.34. The van der Waals surface area contributed by atoms with E-state index in [2.05, 4.69) is 16.8 Å². The molecule has 0 amide bonds. The van der Waals surface area contributed by atoms with Gasteiger partial charge in [-0.3, -0.25) is 0 Å². The van der Waals surface area contributed by atoms with Gasteiger partial charge in [-0.1, -0.05) is 36.9 Å². The standard InChI is InChI=1S/C22H17N3O3/c1-14(2)22(27)28-15-11-12-21(26)17(13-15)16-7-3-6-10-20(16)25-23-18-8-4-5-9-19(18)24-25/h3-13,26H,1H2,2H3. The summed E-state index contributed by atoms with van der Waals surface area (Å²) in [5.74, 6) is -0.154. The van der Waals surface area contributed by atoms with Gasteiger partial charge in [0, 0.05) is 16.7 Å². The molecule has 1 heterocycles. The van der Waals surface area contributed by atoms with Crippen molar-refractivity contribution in [1.29, 1.82) is 0 Å². The van der Waals surface area contributed by atoms with Crippen LogP contribution in [0, 0.1) is 0 Å². The van der Waals surface area contributed by atoms with Crippen LogP contribution in [-0.2, 0) is 4.79 Å². The summed E-state index contributed by atoms with van der Waals surface area (Å²) >= 11 is 0. The minimum atomic E-state index is -0.523. The maximum absolute atomic E-state index is 11.8. The fraction of sp³-hybridized carbons (Fsp3) is 0.0455. The van der Waals surface area contributed by atoms with Crippen LogP contribution in [0.4, 0.5) is 0 Å². The third-order valence-corrected chi connectivity index (χ3v) is 4.22. The van der Waals surface area contributed by atoms with Gasteiger partial charge in [0.05, 0.1) is 5.69 Å². The highest BCUT2D eigenvalue weighted by molar-refractivity contribution is 5.89. The first-order chi connectivity index (χ1) is 13.5. The molecule has 4 rings (SSSR count). The number of hydrogen-bond donors (Lipinski definition) is 1. The molecule has 0 bridgehead atoms. The van der Waals surface area contributed by atoms with Gasteiger partial charge in [-0.25, -0.2) is 4.79 Å². The van der Waals surface area contributed by atoms with E-state index >= 15 is 0 Å². The number of nitrogens with zero attached hydrogens (tertiary/aromatic N) is 3. The zero-order chi connectivity index (χ0) is 19.7. The predicted octanol–water partition coefficient (Wildman–Crippen LogP) is 4.27. The second-order valence-corrected chi connectivity index (χ2v) is 6.34. The number of rotatable bonds is 4. The van der Waals surface area contributed by atoms with Gasteiger partial charge in [-0.15, -0.1) is 15.0 Å². The van der Waals surface area contributed by atoms with Crippen molar-refractivity contribution >= 4 is 17.0 Å². The number of ether oxygens (including phenoxy) is 1. The van der Waals surface area contributed by atoms with Crippen molar-refractivity contribution in [3.63, 3.8) is 0 Å². The summed E-state index contributed by atoms with van der Waals surface area (Å²) in [6.45, 7) is 5.16. The third kappa shape index (κ3) is 3.23. The molecule has 0 saturated carbocycles. The van der Waals surface area contributed by atoms with Gasteiger partial charge in [0.25, 0.3) is 0 Å². The highest BCUT2D eigenvalue weighted by atomic mass is 16.5. The number of hydrogen-bond acceptors (Lipinski definition) is 5. The first-order valence-electron chi connectivity index (χ1n) is 8.65. The highest BCUT2D eigenvalue weighted by Gasteiger charge is 2.15. The molecule has 0 aliphatic carbocycles. The van der Waals surface area contributed by atoms with Gasteiger partial charge < -0.3 is 9.84 Å². The minimum absolute atomic E-state index is 0.0549. The lowest BCUT2D eigenvalue weighted by Gasteiger charge is -2.12. The van der Waals surface area contributed by atoms with Crippen LogP contribution in [0.2, 0.25) is 0 Å². The van der Waals surface area contributed by atoms with Crippen molar-refractivity contribution < 1.29 is 14.6 Å². The number of phenolic OH excluding ortho intramolecular Hbond substituents is 1. The number of aromatic nitrogens is 3. The average molecular weight is 371 g/mol. The van der Waals surface area contributed by atoms with Crippen molar-refractivity contribution in [1.82, 2.24) is 15.0 Å². The summed E-state index contributed by atoms with van der Waals surface area (Å²) in [7, 11) is 0. The largest absolute Gasteiger partial charge is 0.507 e. The summed E-state index contributed by atoms with van der Waals surface area (Å²) in [5, 5.41) is 19.5. The van der Waals surface area contributed by atoms with Gasteiger partial charge in [0.1, 0.15) is 22.5 Å². The number of para-hydroxylation sites is 1. The number of aromatic hydroxyl groups is 1. The Labute approximate surface area is 161 Å². The number of phenols is 1. The number of benzene rings is 3. The molecule has 0 aliphatic rings. The Bertz CT molecular complexity index is 1180. The predicted molar refractivity (Wildman–Crippen MR) is 106 cm³/mol. The lowest BCUT2D eigenvalue weighted by Crippen LogP contribution is -2.08. The summed E-state index contributed by atoms with van der Waals surface area (Å²) < 4.78 is 5.30. The van der Waals surface area contributed by atoms with E-state index in [1.165, 1.54) is 16.9 Å². The van der Waals surface area contributed by atoms with E-state index in [9.17, 15) is 9.90 Å². The molecule has 138 valence electrons. The number of esters is 1. The highest BCUT2D eigenvalue weighted by Crippen LogP contribution is 2.36. The molecule has 28 heavy (non-hydrogen) atoms. The Hall–Kier alpha value is -3.93. The molecule has 0 atom stereocenters. The average Bonchev–Trinajstić information content (AvgIpc) is 3.13. The number of fused-ring (bicyclic) bond motifs is 1. The van der Waals surface area contributed by atoms with Gasteiger partial charge in [-0.05, 0) is 43.3 Å². The van der Waals surface area contributed by atoms with Crippen molar-refractivity contribution in [3.8, 4) is 28.3 Å². The molecule has 6 heteroatoms. The molecule has 6 nitrogen and oxygen atoms in total. The first kappa shape index (κ1) is 17.5. The van der Waals surface area contributed by atoms with Crippen LogP contribution in [-0.4, -0.2) is 26.1 Å². The maximum Gasteiger partial charge on any atom is 0.338 e. The fourth-order valence-electron chi connectivity index (χ4n) is 2.83. The van der Waals surface area contributed by atoms with Gasteiger partial charge in [-0.2, -0.15) is 0 Å². The summed E-state index contributed by atoms with van der Waals surface area (Å²) in [5.41, 5.74) is 3.73. The van der Waals surface area contributed by atoms with Crippen LogP contribution >= 0.6 is 0 Å². The van der Waals surface area contributed by atoms with Crippen LogP contribution < -0.4 is 4.74 Å². The van der Waals surface area contributed by atoms with E-state index in [0.29, 0.717) is 28.1 Å². The van der Waals surface area contributed by atoms with Crippen molar-refractivity contribution in [2.75, 3.05) is 0 Å². The number of carbonyl (C=O) groups excluding carboxylic acids is 1. The fourth-order valence-corrected chi connectivity index (χ4v) is 2.83. The second kappa shape index (κ2) is 7.00. The SMILES string of the molecule is C=C(C)C(=O)Oc1ccc(O)c(-c2ccccc2-n2nc3ccccc3n2)c1. The maximum atomic E-state index is 11.8. The van der Waals surface area contributed by atoms with E-state index < -0.39 is 5.97 Å². The molecule has 0 radical (unpaired) electrons.